The molecule has 1 amide bonds. The number of nitrogens with one attached hydrogen (secondary N) is 1. The van der Waals surface area contributed by atoms with Crippen LogP contribution in [0.25, 0.3) is 0 Å². The first-order valence-electron chi connectivity index (χ1n) is 11.1. The topological polar surface area (TPSA) is 157 Å². The van der Waals surface area contributed by atoms with Crippen LogP contribution in [0.15, 0.2) is 24.3 Å². The molecule has 0 radical (unpaired) electrons. The lowest BCUT2D eigenvalue weighted by Gasteiger charge is -2.21. The van der Waals surface area contributed by atoms with Crippen molar-refractivity contribution in [1.82, 2.24) is 5.32 Å². The van der Waals surface area contributed by atoms with Crippen LogP contribution in [0.4, 0.5) is 10.5 Å². The number of carboxylic acids is 1. The zero-order valence-corrected chi connectivity index (χ0v) is 19.6. The Morgan fingerprint density at radius 3 is 2.38 bits per heavy atom. The summed E-state index contributed by atoms with van der Waals surface area (Å²) >= 11 is 0. The minimum atomic E-state index is -1.24. The number of aryl methyl sites for hydroxylation is 1. The van der Waals surface area contributed by atoms with Crippen LogP contribution in [0.3, 0.4) is 0 Å². The van der Waals surface area contributed by atoms with E-state index in [2.05, 4.69) is 9.89 Å². The molecule has 186 valence electrons. The number of nitrogens with two attached hydrogens (primary N) is 1. The molecule has 3 atom stereocenters. The summed E-state index contributed by atoms with van der Waals surface area (Å²) in [5.74, 6) is -2.55. The average molecular weight is 479 g/mol. The summed E-state index contributed by atoms with van der Waals surface area (Å²) in [7, 11) is 0. The van der Waals surface area contributed by atoms with Gasteiger partial charge in [-0.3, -0.25) is 9.59 Å². The summed E-state index contributed by atoms with van der Waals surface area (Å²) in [5, 5.41) is 11.5. The first kappa shape index (κ1) is 26.8. The summed E-state index contributed by atoms with van der Waals surface area (Å²) in [5.41, 5.74) is 7.45. The second-order valence-corrected chi connectivity index (χ2v) is 8.14. The molecule has 0 fully saturated rings. The van der Waals surface area contributed by atoms with Gasteiger partial charge in [-0.1, -0.05) is 18.2 Å². The highest BCUT2D eigenvalue weighted by atomic mass is 16.8. The number of esters is 1. The standard InChI is InChI=1S/C23H31N3O8/c1-14(2)32-23(31)34-15(3)33-22(30)18(25-20(27)11-9-17(24)21(28)29)10-8-16-6-4-5-7-19(16)26-12-13-26/h4-7,12,14-15,17-18H,8-11,13,24H2,1-3H3,(H-,25,27,28,29)/p+1. The predicted molar refractivity (Wildman–Crippen MR) is 121 cm³/mol. The van der Waals surface area contributed by atoms with E-state index in [-0.39, 0.29) is 19.3 Å². The molecule has 1 aromatic rings. The minimum absolute atomic E-state index is 0.0862. The number of carbonyl (C=O) groups is 4. The summed E-state index contributed by atoms with van der Waals surface area (Å²) in [6, 6.07) is 5.47. The van der Waals surface area contributed by atoms with Crippen LogP contribution in [0, 0.1) is 0 Å². The minimum Gasteiger partial charge on any atom is -0.480 e. The lowest BCUT2D eigenvalue weighted by Crippen LogP contribution is -2.44. The summed E-state index contributed by atoms with van der Waals surface area (Å²) < 4.78 is 17.0. The fourth-order valence-corrected chi connectivity index (χ4v) is 3.09. The van der Waals surface area contributed by atoms with Crippen molar-refractivity contribution in [2.45, 2.75) is 70.9 Å². The molecule has 1 aromatic carbocycles. The first-order chi connectivity index (χ1) is 16.1. The van der Waals surface area contributed by atoms with Gasteiger partial charge in [0.15, 0.2) is 0 Å². The van der Waals surface area contributed by atoms with E-state index in [1.807, 2.05) is 30.5 Å². The van der Waals surface area contributed by atoms with E-state index in [0.717, 1.165) is 17.8 Å². The Morgan fingerprint density at radius 2 is 1.76 bits per heavy atom. The fourth-order valence-electron chi connectivity index (χ4n) is 3.09. The quantitative estimate of drug-likeness (QED) is 0.217. The van der Waals surface area contributed by atoms with Crippen molar-refractivity contribution in [3.63, 3.8) is 0 Å². The van der Waals surface area contributed by atoms with Gasteiger partial charge in [0.25, 0.3) is 0 Å². The molecule has 0 saturated carbocycles. The highest BCUT2D eigenvalue weighted by Crippen LogP contribution is 2.23. The molecular formula is C23H32N3O8+. The van der Waals surface area contributed by atoms with Gasteiger partial charge >= 0.3 is 18.1 Å². The first-order valence-corrected chi connectivity index (χ1v) is 11.1. The zero-order valence-electron chi connectivity index (χ0n) is 19.6. The zero-order chi connectivity index (χ0) is 25.3. The highest BCUT2D eigenvalue weighted by molar-refractivity contribution is 5.85. The van der Waals surface area contributed by atoms with E-state index in [0.29, 0.717) is 6.42 Å². The van der Waals surface area contributed by atoms with E-state index >= 15 is 0 Å². The number of carboxylic acid groups (broad SMARTS) is 1. The summed E-state index contributed by atoms with van der Waals surface area (Å²) in [6.45, 7) is 5.49. The molecule has 0 aliphatic carbocycles. The van der Waals surface area contributed by atoms with Gasteiger partial charge in [0, 0.05) is 25.0 Å². The van der Waals surface area contributed by atoms with Crippen molar-refractivity contribution in [2.75, 3.05) is 6.54 Å². The molecule has 0 aromatic heterocycles. The van der Waals surface area contributed by atoms with Gasteiger partial charge in [-0.25, -0.2) is 9.59 Å². The maximum Gasteiger partial charge on any atom is 0.511 e. The number of amides is 1. The Balaban J connectivity index is 2.02. The molecule has 1 aliphatic heterocycles. The number of hydrogen-bond acceptors (Lipinski definition) is 8. The normalized spacial score (nSPS) is 14.9. The van der Waals surface area contributed by atoms with Crippen LogP contribution in [0.5, 0.6) is 0 Å². The lowest BCUT2D eigenvalue weighted by molar-refractivity contribution is -0.341. The van der Waals surface area contributed by atoms with E-state index in [1.165, 1.54) is 6.92 Å². The molecule has 1 heterocycles. The molecule has 3 unspecified atom stereocenters. The SMILES string of the molecule is CC(C)OC(=O)OC(C)OC(=O)C(CCc1ccccc1[N+]1=CC1)NC(=O)CCC(N)C(=O)O. The monoisotopic (exact) mass is 478 g/mol. The molecule has 11 nitrogen and oxygen atoms in total. The van der Waals surface area contributed by atoms with Crippen molar-refractivity contribution >= 4 is 35.9 Å². The average Bonchev–Trinajstić information content (AvgIpc) is 3.59. The van der Waals surface area contributed by atoms with Crippen molar-refractivity contribution in [1.29, 1.82) is 0 Å². The molecule has 0 spiro atoms. The van der Waals surface area contributed by atoms with Crippen LogP contribution in [-0.4, -0.2) is 70.9 Å². The fraction of sp³-hybridized carbons (Fsp3) is 0.522. The smallest absolute Gasteiger partial charge is 0.480 e. The third kappa shape index (κ3) is 9.18. The summed E-state index contributed by atoms with van der Waals surface area (Å²) in [4.78, 5) is 47.7. The molecule has 11 heteroatoms. The van der Waals surface area contributed by atoms with Gasteiger partial charge in [0.1, 0.15) is 12.1 Å². The molecule has 4 N–H and O–H groups in total. The molecule has 34 heavy (non-hydrogen) atoms. The van der Waals surface area contributed by atoms with Gasteiger partial charge < -0.3 is 30.4 Å². The Labute approximate surface area is 197 Å². The van der Waals surface area contributed by atoms with E-state index in [1.54, 1.807) is 13.8 Å². The molecule has 1 aliphatic rings. The van der Waals surface area contributed by atoms with Crippen LogP contribution in [-0.2, 0) is 35.0 Å². The maximum absolute atomic E-state index is 12.8. The number of benzene rings is 1. The van der Waals surface area contributed by atoms with Crippen molar-refractivity contribution < 1.29 is 43.1 Å². The maximum atomic E-state index is 12.8. The second-order valence-electron chi connectivity index (χ2n) is 8.14. The molecular weight excluding hydrogens is 446 g/mol. The van der Waals surface area contributed by atoms with Gasteiger partial charge in [-0.15, -0.1) is 0 Å². The Morgan fingerprint density at radius 1 is 1.09 bits per heavy atom. The largest absolute Gasteiger partial charge is 0.511 e. The van der Waals surface area contributed by atoms with Gasteiger partial charge in [-0.2, -0.15) is 4.58 Å². The molecule has 0 bridgehead atoms. The number of ether oxygens (including phenoxy) is 3. The number of rotatable bonds is 13. The third-order valence-electron chi connectivity index (χ3n) is 4.86. The Hall–Kier alpha value is -3.47. The van der Waals surface area contributed by atoms with Gasteiger partial charge in [0.05, 0.1) is 6.10 Å². The third-order valence-corrected chi connectivity index (χ3v) is 4.86. The predicted octanol–water partition coefficient (Wildman–Crippen LogP) is 1.48. The number of hydrogen-bond donors (Lipinski definition) is 3. The molecule has 0 saturated heterocycles. The van der Waals surface area contributed by atoms with E-state index in [4.69, 9.17) is 25.1 Å². The number of nitrogens with zero attached hydrogens (tertiary/aromatic N) is 1. The lowest BCUT2D eigenvalue weighted by atomic mass is 10.0. The van der Waals surface area contributed by atoms with Crippen molar-refractivity contribution in [3.05, 3.63) is 29.8 Å². The Kier molecular flexibility index (Phi) is 9.99. The summed E-state index contributed by atoms with van der Waals surface area (Å²) in [6.07, 6.45) is -0.198. The number of aliphatic carboxylic acids is 1. The van der Waals surface area contributed by atoms with Crippen LogP contribution in [0.2, 0.25) is 0 Å². The van der Waals surface area contributed by atoms with Crippen LogP contribution >= 0.6 is 0 Å². The van der Waals surface area contributed by atoms with Gasteiger partial charge in [-0.05, 0) is 33.1 Å². The van der Waals surface area contributed by atoms with Crippen molar-refractivity contribution in [2.24, 2.45) is 5.73 Å². The molecule has 2 rings (SSSR count). The van der Waals surface area contributed by atoms with Crippen LogP contribution in [0.1, 0.15) is 45.6 Å². The number of carbonyl (C=O) groups excluding carboxylic acids is 3. The van der Waals surface area contributed by atoms with Crippen molar-refractivity contribution in [3.8, 4) is 0 Å². The second kappa shape index (κ2) is 12.7. The number of para-hydroxylation sites is 1. The van der Waals surface area contributed by atoms with Crippen LogP contribution < -0.4 is 11.1 Å². The van der Waals surface area contributed by atoms with E-state index < -0.39 is 48.5 Å². The van der Waals surface area contributed by atoms with Gasteiger partial charge in [0.2, 0.25) is 30.6 Å². The highest BCUT2D eigenvalue weighted by Gasteiger charge is 2.28. The Bertz CT molecular complexity index is 931. The van der Waals surface area contributed by atoms with E-state index in [9.17, 15) is 19.2 Å².